The Labute approximate surface area is 126 Å². The van der Waals surface area contributed by atoms with E-state index in [0.29, 0.717) is 18.8 Å². The Bertz CT molecular complexity index is 596. The highest BCUT2D eigenvalue weighted by molar-refractivity contribution is 5.55. The molecule has 0 amide bonds. The molecule has 0 radical (unpaired) electrons. The van der Waals surface area contributed by atoms with Gasteiger partial charge in [-0.15, -0.1) is 0 Å². The van der Waals surface area contributed by atoms with E-state index in [9.17, 15) is 4.39 Å². The minimum atomic E-state index is -0.165. The molecule has 1 N–H and O–H groups in total. The van der Waals surface area contributed by atoms with Gasteiger partial charge in [-0.05, 0) is 36.2 Å². The Hall–Kier alpha value is -1.87. The predicted molar refractivity (Wildman–Crippen MR) is 87.1 cm³/mol. The SMILES string of the molecule is CCNCc1cccc(F)c1N(C)Cc1ccccc1C. The van der Waals surface area contributed by atoms with Crippen molar-refractivity contribution in [1.82, 2.24) is 5.32 Å². The van der Waals surface area contributed by atoms with Crippen LogP contribution in [0.15, 0.2) is 42.5 Å². The molecule has 2 aromatic rings. The van der Waals surface area contributed by atoms with Crippen molar-refractivity contribution in [2.24, 2.45) is 0 Å². The number of rotatable bonds is 6. The van der Waals surface area contributed by atoms with E-state index < -0.39 is 0 Å². The van der Waals surface area contributed by atoms with Gasteiger partial charge in [-0.1, -0.05) is 43.3 Å². The molecule has 21 heavy (non-hydrogen) atoms. The molecular weight excluding hydrogens is 263 g/mol. The molecule has 0 atom stereocenters. The van der Waals surface area contributed by atoms with Gasteiger partial charge in [0, 0.05) is 20.1 Å². The van der Waals surface area contributed by atoms with Crippen LogP contribution in [0.25, 0.3) is 0 Å². The van der Waals surface area contributed by atoms with Gasteiger partial charge in [-0.3, -0.25) is 0 Å². The summed E-state index contributed by atoms with van der Waals surface area (Å²) in [6.07, 6.45) is 0. The van der Waals surface area contributed by atoms with E-state index in [1.807, 2.05) is 30.1 Å². The van der Waals surface area contributed by atoms with Crippen LogP contribution < -0.4 is 10.2 Å². The van der Waals surface area contributed by atoms with Gasteiger partial charge in [0.05, 0.1) is 5.69 Å². The Balaban J connectivity index is 2.26. The highest BCUT2D eigenvalue weighted by Crippen LogP contribution is 2.25. The van der Waals surface area contributed by atoms with E-state index in [-0.39, 0.29) is 5.82 Å². The van der Waals surface area contributed by atoms with E-state index in [4.69, 9.17) is 0 Å². The van der Waals surface area contributed by atoms with Crippen molar-refractivity contribution in [3.63, 3.8) is 0 Å². The monoisotopic (exact) mass is 286 g/mol. The van der Waals surface area contributed by atoms with Crippen LogP contribution in [-0.2, 0) is 13.1 Å². The molecule has 3 heteroatoms. The largest absolute Gasteiger partial charge is 0.368 e. The highest BCUT2D eigenvalue weighted by atomic mass is 19.1. The lowest BCUT2D eigenvalue weighted by atomic mass is 10.1. The van der Waals surface area contributed by atoms with Crippen LogP contribution >= 0.6 is 0 Å². The standard InChI is InChI=1S/C18H23FN2/c1-4-20-12-15-10-7-11-17(19)18(15)21(3)13-16-9-6-5-8-14(16)2/h5-11,20H,4,12-13H2,1-3H3. The third-order valence-corrected chi connectivity index (χ3v) is 3.69. The summed E-state index contributed by atoms with van der Waals surface area (Å²) < 4.78 is 14.3. The zero-order chi connectivity index (χ0) is 15.2. The van der Waals surface area contributed by atoms with Crippen LogP contribution in [0.2, 0.25) is 0 Å². The summed E-state index contributed by atoms with van der Waals surface area (Å²) in [6, 6.07) is 13.5. The Morgan fingerprint density at radius 3 is 2.48 bits per heavy atom. The van der Waals surface area contributed by atoms with Gasteiger partial charge in [-0.2, -0.15) is 0 Å². The molecule has 2 aromatic carbocycles. The van der Waals surface area contributed by atoms with Crippen molar-refractivity contribution >= 4 is 5.69 Å². The number of halogens is 1. The molecule has 0 aliphatic carbocycles. The van der Waals surface area contributed by atoms with Crippen molar-refractivity contribution in [2.45, 2.75) is 26.9 Å². The van der Waals surface area contributed by atoms with Gasteiger partial charge in [0.1, 0.15) is 5.82 Å². The third-order valence-electron chi connectivity index (χ3n) is 3.69. The zero-order valence-electron chi connectivity index (χ0n) is 13.0. The summed E-state index contributed by atoms with van der Waals surface area (Å²) in [5, 5.41) is 3.27. The topological polar surface area (TPSA) is 15.3 Å². The fraction of sp³-hybridized carbons (Fsp3) is 0.333. The number of anilines is 1. The summed E-state index contributed by atoms with van der Waals surface area (Å²) in [4.78, 5) is 1.99. The van der Waals surface area contributed by atoms with Crippen LogP contribution in [0.4, 0.5) is 10.1 Å². The third kappa shape index (κ3) is 3.82. The Kier molecular flexibility index (Phi) is 5.34. The smallest absolute Gasteiger partial charge is 0.146 e. The Morgan fingerprint density at radius 2 is 1.76 bits per heavy atom. The first kappa shape index (κ1) is 15.5. The molecule has 2 rings (SSSR count). The number of hydrogen-bond acceptors (Lipinski definition) is 2. The van der Waals surface area contributed by atoms with Crippen molar-refractivity contribution in [2.75, 3.05) is 18.5 Å². The molecule has 112 valence electrons. The average molecular weight is 286 g/mol. The molecule has 0 saturated carbocycles. The maximum Gasteiger partial charge on any atom is 0.146 e. The molecule has 0 heterocycles. The highest BCUT2D eigenvalue weighted by Gasteiger charge is 2.13. The molecule has 2 nitrogen and oxygen atoms in total. The van der Waals surface area contributed by atoms with Gasteiger partial charge < -0.3 is 10.2 Å². The molecule has 0 spiro atoms. The number of hydrogen-bond donors (Lipinski definition) is 1. The lowest BCUT2D eigenvalue weighted by molar-refractivity contribution is 0.615. The fourth-order valence-corrected chi connectivity index (χ4v) is 2.51. The number of nitrogens with one attached hydrogen (secondary N) is 1. The van der Waals surface area contributed by atoms with E-state index in [2.05, 4.69) is 31.3 Å². The van der Waals surface area contributed by atoms with Crippen molar-refractivity contribution in [3.05, 3.63) is 65.0 Å². The number of benzene rings is 2. The second-order valence-corrected chi connectivity index (χ2v) is 5.31. The summed E-state index contributed by atoms with van der Waals surface area (Å²) in [5.74, 6) is -0.165. The van der Waals surface area contributed by atoms with Crippen LogP contribution in [0.5, 0.6) is 0 Å². The van der Waals surface area contributed by atoms with Crippen LogP contribution in [0, 0.1) is 12.7 Å². The molecule has 0 unspecified atom stereocenters. The normalized spacial score (nSPS) is 10.7. The van der Waals surface area contributed by atoms with Crippen LogP contribution in [-0.4, -0.2) is 13.6 Å². The molecule has 0 fully saturated rings. The van der Waals surface area contributed by atoms with Crippen molar-refractivity contribution in [1.29, 1.82) is 0 Å². The molecule has 0 aliphatic rings. The summed E-state index contributed by atoms with van der Waals surface area (Å²) in [5.41, 5.74) is 4.13. The Morgan fingerprint density at radius 1 is 1.05 bits per heavy atom. The maximum absolute atomic E-state index is 14.3. The average Bonchev–Trinajstić information content (AvgIpc) is 2.47. The van der Waals surface area contributed by atoms with E-state index in [1.165, 1.54) is 17.2 Å². The first-order valence-corrected chi connectivity index (χ1v) is 7.37. The van der Waals surface area contributed by atoms with Crippen molar-refractivity contribution < 1.29 is 4.39 Å². The summed E-state index contributed by atoms with van der Waals surface area (Å²) in [6.45, 7) is 6.39. The van der Waals surface area contributed by atoms with Gasteiger partial charge in [0.25, 0.3) is 0 Å². The zero-order valence-corrected chi connectivity index (χ0v) is 13.0. The van der Waals surface area contributed by atoms with Gasteiger partial charge in [0.15, 0.2) is 0 Å². The minimum Gasteiger partial charge on any atom is -0.368 e. The predicted octanol–water partition coefficient (Wildman–Crippen LogP) is 3.88. The second-order valence-electron chi connectivity index (χ2n) is 5.31. The molecule has 0 aromatic heterocycles. The second kappa shape index (κ2) is 7.23. The van der Waals surface area contributed by atoms with Gasteiger partial charge in [0.2, 0.25) is 0 Å². The van der Waals surface area contributed by atoms with Gasteiger partial charge in [-0.25, -0.2) is 4.39 Å². The maximum atomic E-state index is 14.3. The van der Waals surface area contributed by atoms with E-state index in [0.717, 1.165) is 12.1 Å². The van der Waals surface area contributed by atoms with Crippen LogP contribution in [0.3, 0.4) is 0 Å². The molecular formula is C18H23FN2. The summed E-state index contributed by atoms with van der Waals surface area (Å²) in [7, 11) is 1.94. The van der Waals surface area contributed by atoms with Crippen LogP contribution in [0.1, 0.15) is 23.6 Å². The van der Waals surface area contributed by atoms with E-state index in [1.54, 1.807) is 6.07 Å². The molecule has 0 saturated heterocycles. The number of nitrogens with zero attached hydrogens (tertiary/aromatic N) is 1. The first-order valence-electron chi connectivity index (χ1n) is 7.37. The summed E-state index contributed by atoms with van der Waals surface area (Å²) >= 11 is 0. The lowest BCUT2D eigenvalue weighted by Crippen LogP contribution is -2.22. The number of para-hydroxylation sites is 1. The first-order chi connectivity index (χ1) is 10.1. The molecule has 0 bridgehead atoms. The van der Waals surface area contributed by atoms with Gasteiger partial charge >= 0.3 is 0 Å². The minimum absolute atomic E-state index is 0.165. The quantitative estimate of drug-likeness (QED) is 0.867. The fourth-order valence-electron chi connectivity index (χ4n) is 2.51. The van der Waals surface area contributed by atoms with Crippen molar-refractivity contribution in [3.8, 4) is 0 Å². The number of aryl methyl sites for hydroxylation is 1. The molecule has 0 aliphatic heterocycles. The van der Waals surface area contributed by atoms with E-state index >= 15 is 0 Å². The lowest BCUT2D eigenvalue weighted by Gasteiger charge is -2.24.